The number of benzene rings is 4. The number of nitrogens with zero attached hydrogens (tertiary/aromatic N) is 2. The van der Waals surface area contributed by atoms with Gasteiger partial charge in [-0.15, -0.1) is 0 Å². The van der Waals surface area contributed by atoms with Crippen LogP contribution in [0.1, 0.15) is 42.4 Å². The lowest BCUT2D eigenvalue weighted by atomic mass is 10.0. The standard InChI is InChI=1S/C36H37ClFN3O4S/c1-26-15-21-32(22-16-26)46(44,45)41(31-19-17-29(37)18-20-31)25-35(42)40(24-28-11-5-8-14-33(28)38)34(23-27-9-3-2-4-10-27)36(43)39-30-12-6-7-13-30/h2-5,8-11,14-22,30,34H,6-7,12-13,23-25H2,1H3,(H,39,43)/t34-/m0/s1. The average Bonchev–Trinajstić information content (AvgIpc) is 3.56. The third-order valence-corrected chi connectivity index (χ3v) is 10.3. The maximum atomic E-state index is 15.1. The van der Waals surface area contributed by atoms with Gasteiger partial charge in [-0.05, 0) is 67.8 Å². The summed E-state index contributed by atoms with van der Waals surface area (Å²) in [5.41, 5.74) is 2.12. The van der Waals surface area contributed by atoms with E-state index in [4.69, 9.17) is 11.6 Å². The molecule has 0 spiro atoms. The first-order valence-electron chi connectivity index (χ1n) is 15.3. The lowest BCUT2D eigenvalue weighted by molar-refractivity contribution is -0.140. The minimum atomic E-state index is -4.25. The van der Waals surface area contributed by atoms with Crippen LogP contribution in [0.15, 0.2) is 108 Å². The highest BCUT2D eigenvalue weighted by atomic mass is 35.5. The second-order valence-electron chi connectivity index (χ2n) is 11.6. The predicted octanol–water partition coefficient (Wildman–Crippen LogP) is 6.68. The summed E-state index contributed by atoms with van der Waals surface area (Å²) in [4.78, 5) is 29.8. The van der Waals surface area contributed by atoms with Crippen LogP contribution >= 0.6 is 11.6 Å². The van der Waals surface area contributed by atoms with Gasteiger partial charge >= 0.3 is 0 Å². The van der Waals surface area contributed by atoms with Crippen LogP contribution < -0.4 is 9.62 Å². The molecule has 0 heterocycles. The number of sulfonamides is 1. The second kappa shape index (κ2) is 14.9. The van der Waals surface area contributed by atoms with E-state index in [1.165, 1.54) is 35.2 Å². The van der Waals surface area contributed by atoms with Crippen molar-refractivity contribution in [2.75, 3.05) is 10.8 Å². The summed E-state index contributed by atoms with van der Waals surface area (Å²) < 4.78 is 44.3. The van der Waals surface area contributed by atoms with Gasteiger partial charge in [-0.2, -0.15) is 0 Å². The summed E-state index contributed by atoms with van der Waals surface area (Å²) in [5.74, 6) is -1.55. The fourth-order valence-electron chi connectivity index (χ4n) is 5.71. The van der Waals surface area contributed by atoms with Gasteiger partial charge in [-0.3, -0.25) is 13.9 Å². The molecule has 0 unspecified atom stereocenters. The first-order chi connectivity index (χ1) is 22.1. The van der Waals surface area contributed by atoms with Crippen molar-refractivity contribution in [3.63, 3.8) is 0 Å². The van der Waals surface area contributed by atoms with Crippen LogP contribution in [0.4, 0.5) is 10.1 Å². The maximum absolute atomic E-state index is 15.1. The van der Waals surface area contributed by atoms with Crippen molar-refractivity contribution >= 4 is 39.1 Å². The van der Waals surface area contributed by atoms with Crippen LogP contribution in [0.5, 0.6) is 0 Å². The molecule has 5 rings (SSSR count). The van der Waals surface area contributed by atoms with Crippen LogP contribution in [0.3, 0.4) is 0 Å². The van der Waals surface area contributed by atoms with E-state index in [1.54, 1.807) is 42.5 Å². The van der Waals surface area contributed by atoms with Gasteiger partial charge in [0.25, 0.3) is 10.0 Å². The summed E-state index contributed by atoms with van der Waals surface area (Å²) >= 11 is 6.13. The zero-order valence-electron chi connectivity index (χ0n) is 25.6. The fourth-order valence-corrected chi connectivity index (χ4v) is 7.25. The molecule has 240 valence electrons. The Balaban J connectivity index is 1.57. The van der Waals surface area contributed by atoms with Crippen molar-refractivity contribution in [2.45, 2.75) is 62.6 Å². The smallest absolute Gasteiger partial charge is 0.264 e. The number of hydrogen-bond acceptors (Lipinski definition) is 4. The fraction of sp³-hybridized carbons (Fsp3) is 0.278. The van der Waals surface area contributed by atoms with E-state index in [9.17, 15) is 18.0 Å². The van der Waals surface area contributed by atoms with E-state index >= 15 is 4.39 Å². The number of amides is 2. The van der Waals surface area contributed by atoms with Gasteiger partial charge in [-0.25, -0.2) is 12.8 Å². The topological polar surface area (TPSA) is 86.8 Å². The second-order valence-corrected chi connectivity index (χ2v) is 13.9. The third kappa shape index (κ3) is 8.13. The molecule has 2 amide bonds. The summed E-state index contributed by atoms with van der Waals surface area (Å²) in [5, 5.41) is 3.51. The van der Waals surface area contributed by atoms with E-state index in [0.717, 1.165) is 41.1 Å². The molecule has 1 aliphatic rings. The molecule has 46 heavy (non-hydrogen) atoms. The Morgan fingerprint density at radius 1 is 0.891 bits per heavy atom. The number of aryl methyl sites for hydroxylation is 1. The third-order valence-electron chi connectivity index (χ3n) is 8.27. The number of hydrogen-bond donors (Lipinski definition) is 1. The molecule has 4 aromatic carbocycles. The van der Waals surface area contributed by atoms with Crippen LogP contribution in [-0.4, -0.2) is 43.8 Å². The van der Waals surface area contributed by atoms with Crippen molar-refractivity contribution in [3.05, 3.63) is 131 Å². The zero-order chi connectivity index (χ0) is 32.7. The largest absolute Gasteiger partial charge is 0.352 e. The van der Waals surface area contributed by atoms with Gasteiger partial charge in [-0.1, -0.05) is 90.7 Å². The monoisotopic (exact) mass is 661 g/mol. The van der Waals surface area contributed by atoms with Crippen LogP contribution in [0, 0.1) is 12.7 Å². The highest BCUT2D eigenvalue weighted by Gasteiger charge is 2.36. The lowest BCUT2D eigenvalue weighted by Crippen LogP contribution is -2.54. The normalized spacial score (nSPS) is 14.1. The van der Waals surface area contributed by atoms with Gasteiger partial charge in [0, 0.05) is 29.6 Å². The zero-order valence-corrected chi connectivity index (χ0v) is 27.2. The first kappa shape index (κ1) is 33.2. The number of anilines is 1. The van der Waals surface area contributed by atoms with Gasteiger partial charge in [0.1, 0.15) is 18.4 Å². The Labute approximate surface area is 275 Å². The summed E-state index contributed by atoms with van der Waals surface area (Å²) in [6.07, 6.45) is 3.83. The summed E-state index contributed by atoms with van der Waals surface area (Å²) in [7, 11) is -4.25. The molecule has 1 atom stereocenters. The minimum absolute atomic E-state index is 0.00122. The molecule has 0 bridgehead atoms. The number of halogens is 2. The van der Waals surface area contributed by atoms with E-state index in [2.05, 4.69) is 5.32 Å². The number of carbonyl (C=O) groups excluding carboxylic acids is 2. The minimum Gasteiger partial charge on any atom is -0.352 e. The molecular formula is C36H37ClFN3O4S. The Hall–Kier alpha value is -4.21. The molecule has 0 aliphatic heterocycles. The molecule has 1 saturated carbocycles. The quantitative estimate of drug-likeness (QED) is 0.184. The molecule has 4 aromatic rings. The van der Waals surface area contributed by atoms with Crippen molar-refractivity contribution in [1.29, 1.82) is 0 Å². The van der Waals surface area contributed by atoms with Crippen molar-refractivity contribution in [1.82, 2.24) is 10.2 Å². The number of nitrogens with one attached hydrogen (secondary N) is 1. The molecule has 1 aliphatic carbocycles. The Morgan fingerprint density at radius 3 is 2.17 bits per heavy atom. The van der Waals surface area contributed by atoms with E-state index in [1.807, 2.05) is 37.3 Å². The molecule has 7 nitrogen and oxygen atoms in total. The van der Waals surface area contributed by atoms with E-state index in [-0.39, 0.29) is 41.1 Å². The number of rotatable bonds is 12. The molecule has 1 fully saturated rings. The molecule has 1 N–H and O–H groups in total. The number of carbonyl (C=O) groups is 2. The van der Waals surface area contributed by atoms with Crippen molar-refractivity contribution < 1.29 is 22.4 Å². The van der Waals surface area contributed by atoms with Gasteiger partial charge in [0.15, 0.2) is 0 Å². The van der Waals surface area contributed by atoms with Crippen LogP contribution in [-0.2, 0) is 32.6 Å². The Morgan fingerprint density at radius 2 is 1.52 bits per heavy atom. The van der Waals surface area contributed by atoms with Gasteiger partial charge in [0.05, 0.1) is 10.6 Å². The molecule has 0 saturated heterocycles. The molecule has 0 radical (unpaired) electrons. The Kier molecular flexibility index (Phi) is 10.8. The van der Waals surface area contributed by atoms with E-state index < -0.39 is 34.3 Å². The summed E-state index contributed by atoms with van der Waals surface area (Å²) in [6, 6.07) is 26.8. The molecule has 0 aromatic heterocycles. The van der Waals surface area contributed by atoms with Gasteiger partial charge < -0.3 is 10.2 Å². The first-order valence-corrected chi connectivity index (χ1v) is 17.2. The van der Waals surface area contributed by atoms with Crippen molar-refractivity contribution in [3.8, 4) is 0 Å². The summed E-state index contributed by atoms with van der Waals surface area (Å²) in [6.45, 7) is 0.982. The SMILES string of the molecule is Cc1ccc(S(=O)(=O)N(CC(=O)N(Cc2ccccc2F)[C@@H](Cc2ccccc2)C(=O)NC2CCCC2)c2ccc(Cl)cc2)cc1. The molecular weight excluding hydrogens is 625 g/mol. The average molecular weight is 662 g/mol. The molecule has 10 heteroatoms. The highest BCUT2D eigenvalue weighted by Crippen LogP contribution is 2.27. The van der Waals surface area contributed by atoms with Crippen LogP contribution in [0.25, 0.3) is 0 Å². The van der Waals surface area contributed by atoms with Gasteiger partial charge in [0.2, 0.25) is 11.8 Å². The van der Waals surface area contributed by atoms with Crippen LogP contribution in [0.2, 0.25) is 5.02 Å². The predicted molar refractivity (Wildman–Crippen MR) is 178 cm³/mol. The maximum Gasteiger partial charge on any atom is 0.264 e. The van der Waals surface area contributed by atoms with Crippen molar-refractivity contribution in [2.24, 2.45) is 0 Å². The highest BCUT2D eigenvalue weighted by molar-refractivity contribution is 7.92. The lowest BCUT2D eigenvalue weighted by Gasteiger charge is -2.34. The Bertz CT molecular complexity index is 1750. The van der Waals surface area contributed by atoms with E-state index in [0.29, 0.717) is 5.02 Å².